The van der Waals surface area contributed by atoms with Crippen LogP contribution in [0.4, 0.5) is 11.4 Å². The predicted molar refractivity (Wildman–Crippen MR) is 117 cm³/mol. The maximum Gasteiger partial charge on any atom is 0.338 e. The zero-order valence-corrected chi connectivity index (χ0v) is 17.2. The van der Waals surface area contributed by atoms with Crippen molar-refractivity contribution >= 4 is 23.1 Å². The zero-order valence-electron chi connectivity index (χ0n) is 17.2. The van der Waals surface area contributed by atoms with Gasteiger partial charge in [-0.15, -0.1) is 0 Å². The zero-order chi connectivity index (χ0) is 22.7. The van der Waals surface area contributed by atoms with E-state index < -0.39 is 16.7 Å². The summed E-state index contributed by atoms with van der Waals surface area (Å²) in [6, 6.07) is 17.8. The van der Waals surface area contributed by atoms with Gasteiger partial charge in [-0.25, -0.2) is 4.79 Å². The van der Waals surface area contributed by atoms with Crippen molar-refractivity contribution in [2.75, 3.05) is 19.0 Å². The van der Waals surface area contributed by atoms with Crippen LogP contribution in [0.2, 0.25) is 0 Å². The lowest BCUT2D eigenvalue weighted by Crippen LogP contribution is -2.20. The number of methoxy groups -OCH3 is 1. The van der Waals surface area contributed by atoms with E-state index in [1.54, 1.807) is 12.1 Å². The first-order valence-electron chi connectivity index (χ1n) is 9.98. The topological polar surface area (TPSA) is 108 Å². The van der Waals surface area contributed by atoms with E-state index in [-0.39, 0.29) is 28.4 Å². The monoisotopic (exact) mass is 432 g/mol. The third-order valence-electron chi connectivity index (χ3n) is 5.32. The standard InChI is InChI=1S/C24H20N2O6/c1-31-24(28)17-7-3-2-6-16(17)23(27)15-10-11-20(21(14-15)26(29)30)25-19-12-13-32-22-9-5-4-8-18(19)22/h2-11,14,19,25H,12-13H2,1H3. The summed E-state index contributed by atoms with van der Waals surface area (Å²) in [4.78, 5) is 36.3. The van der Waals surface area contributed by atoms with Gasteiger partial charge in [0, 0.05) is 29.2 Å². The number of rotatable bonds is 6. The molecule has 0 saturated heterocycles. The molecule has 0 spiro atoms. The number of carbonyl (C=O) groups is 2. The molecule has 8 nitrogen and oxygen atoms in total. The number of fused-ring (bicyclic) bond motifs is 1. The van der Waals surface area contributed by atoms with E-state index in [2.05, 4.69) is 5.32 Å². The summed E-state index contributed by atoms with van der Waals surface area (Å²) in [5.41, 5.74) is 1.31. The fraction of sp³-hybridized carbons (Fsp3) is 0.167. The highest BCUT2D eigenvalue weighted by molar-refractivity contribution is 6.14. The maximum atomic E-state index is 13.1. The summed E-state index contributed by atoms with van der Waals surface area (Å²) in [5.74, 6) is -0.415. The number of esters is 1. The van der Waals surface area contributed by atoms with Crippen LogP contribution >= 0.6 is 0 Å². The lowest BCUT2D eigenvalue weighted by molar-refractivity contribution is -0.384. The van der Waals surface area contributed by atoms with Gasteiger partial charge in [0.25, 0.3) is 5.69 Å². The van der Waals surface area contributed by atoms with Gasteiger partial charge in [0.15, 0.2) is 5.78 Å². The highest BCUT2D eigenvalue weighted by Gasteiger charge is 2.26. The minimum Gasteiger partial charge on any atom is -0.493 e. The number of nitro groups is 1. The first-order chi connectivity index (χ1) is 15.5. The molecule has 0 saturated carbocycles. The van der Waals surface area contributed by atoms with E-state index in [0.29, 0.717) is 18.7 Å². The lowest BCUT2D eigenvalue weighted by Gasteiger charge is -2.27. The molecule has 1 unspecified atom stereocenters. The minimum absolute atomic E-state index is 0.101. The molecule has 0 amide bonds. The fourth-order valence-electron chi connectivity index (χ4n) is 3.75. The van der Waals surface area contributed by atoms with Crippen LogP contribution in [0.25, 0.3) is 0 Å². The van der Waals surface area contributed by atoms with Crippen molar-refractivity contribution < 1.29 is 24.0 Å². The van der Waals surface area contributed by atoms with E-state index in [9.17, 15) is 19.7 Å². The molecule has 1 aliphatic rings. The number of ketones is 1. The molecule has 1 N–H and O–H groups in total. The number of carbonyl (C=O) groups excluding carboxylic acids is 2. The highest BCUT2D eigenvalue weighted by atomic mass is 16.6. The molecule has 0 aromatic heterocycles. The summed E-state index contributed by atoms with van der Waals surface area (Å²) in [6.07, 6.45) is 0.640. The Hall–Kier alpha value is -4.20. The normalized spacial score (nSPS) is 14.6. The van der Waals surface area contributed by atoms with Gasteiger partial charge in [-0.1, -0.05) is 36.4 Å². The molecule has 162 valence electrons. The highest BCUT2D eigenvalue weighted by Crippen LogP contribution is 2.37. The summed E-state index contributed by atoms with van der Waals surface area (Å²) in [6.45, 7) is 0.489. The van der Waals surface area contributed by atoms with E-state index >= 15 is 0 Å². The second kappa shape index (κ2) is 8.89. The molecule has 3 aromatic rings. The number of hydrogen-bond donors (Lipinski definition) is 1. The molecular formula is C24H20N2O6. The quantitative estimate of drug-likeness (QED) is 0.263. The number of hydrogen-bond acceptors (Lipinski definition) is 7. The molecule has 3 aromatic carbocycles. The molecule has 0 aliphatic carbocycles. The third kappa shape index (κ3) is 4.02. The molecule has 1 atom stereocenters. The molecule has 0 fully saturated rings. The molecular weight excluding hydrogens is 412 g/mol. The van der Waals surface area contributed by atoms with Gasteiger partial charge in [-0.2, -0.15) is 0 Å². The average Bonchev–Trinajstić information content (AvgIpc) is 2.83. The number of ether oxygens (including phenoxy) is 2. The molecule has 0 radical (unpaired) electrons. The molecule has 1 heterocycles. The number of benzene rings is 3. The summed E-state index contributed by atoms with van der Waals surface area (Å²) in [7, 11) is 1.23. The van der Waals surface area contributed by atoms with Crippen LogP contribution in [0.3, 0.4) is 0 Å². The Morgan fingerprint density at radius 3 is 2.53 bits per heavy atom. The van der Waals surface area contributed by atoms with Crippen molar-refractivity contribution in [3.63, 3.8) is 0 Å². The second-order valence-corrected chi connectivity index (χ2v) is 7.23. The second-order valence-electron chi connectivity index (χ2n) is 7.23. The first-order valence-corrected chi connectivity index (χ1v) is 9.98. The van der Waals surface area contributed by atoms with Gasteiger partial charge in [-0.3, -0.25) is 14.9 Å². The minimum atomic E-state index is -0.653. The summed E-state index contributed by atoms with van der Waals surface area (Å²) < 4.78 is 10.4. The molecule has 0 bridgehead atoms. The average molecular weight is 432 g/mol. The Bertz CT molecular complexity index is 1210. The van der Waals surface area contributed by atoms with Gasteiger partial charge < -0.3 is 14.8 Å². The van der Waals surface area contributed by atoms with Crippen molar-refractivity contribution in [1.82, 2.24) is 0 Å². The van der Waals surface area contributed by atoms with Crippen molar-refractivity contribution in [2.45, 2.75) is 12.5 Å². The van der Waals surface area contributed by atoms with Crippen molar-refractivity contribution in [1.29, 1.82) is 0 Å². The Morgan fingerprint density at radius 1 is 1.06 bits per heavy atom. The SMILES string of the molecule is COC(=O)c1ccccc1C(=O)c1ccc(NC2CCOc3ccccc32)c([N+](=O)[O-])c1. The van der Waals surface area contributed by atoms with Gasteiger partial charge in [-0.05, 0) is 24.3 Å². The van der Waals surface area contributed by atoms with Crippen molar-refractivity contribution in [2.24, 2.45) is 0 Å². The fourth-order valence-corrected chi connectivity index (χ4v) is 3.75. The Labute approximate surface area is 183 Å². The van der Waals surface area contributed by atoms with Crippen molar-refractivity contribution in [3.8, 4) is 5.75 Å². The maximum absolute atomic E-state index is 13.1. The largest absolute Gasteiger partial charge is 0.493 e. The van der Waals surface area contributed by atoms with Crippen molar-refractivity contribution in [3.05, 3.63) is 99.1 Å². The van der Waals surface area contributed by atoms with Crippen LogP contribution in [0.5, 0.6) is 5.75 Å². The van der Waals surface area contributed by atoms with Crippen LogP contribution in [-0.2, 0) is 4.74 Å². The molecule has 1 aliphatic heterocycles. The molecule has 8 heteroatoms. The van der Waals surface area contributed by atoms with Crippen LogP contribution in [-0.4, -0.2) is 30.4 Å². The number of nitro benzene ring substituents is 1. The van der Waals surface area contributed by atoms with Gasteiger partial charge in [0.2, 0.25) is 0 Å². The first kappa shape index (κ1) is 21.0. The van der Waals surface area contributed by atoms with Gasteiger partial charge in [0.05, 0.1) is 30.2 Å². The smallest absolute Gasteiger partial charge is 0.338 e. The number of para-hydroxylation sites is 1. The summed E-state index contributed by atoms with van der Waals surface area (Å²) >= 11 is 0. The van der Waals surface area contributed by atoms with E-state index in [0.717, 1.165) is 11.3 Å². The number of anilines is 1. The Balaban J connectivity index is 1.68. The number of nitrogens with zero attached hydrogens (tertiary/aromatic N) is 1. The van der Waals surface area contributed by atoms with E-state index in [1.807, 2.05) is 24.3 Å². The third-order valence-corrected chi connectivity index (χ3v) is 5.32. The van der Waals surface area contributed by atoms with Crippen LogP contribution in [0, 0.1) is 10.1 Å². The number of nitrogens with one attached hydrogen (secondary N) is 1. The Kier molecular flexibility index (Phi) is 5.85. The van der Waals surface area contributed by atoms with Crippen LogP contribution < -0.4 is 10.1 Å². The predicted octanol–water partition coefficient (Wildman–Crippen LogP) is 4.55. The van der Waals surface area contributed by atoms with Gasteiger partial charge in [0.1, 0.15) is 11.4 Å². The summed E-state index contributed by atoms with van der Waals surface area (Å²) in [5, 5.41) is 15.0. The van der Waals surface area contributed by atoms with E-state index in [1.165, 1.54) is 37.4 Å². The van der Waals surface area contributed by atoms with E-state index in [4.69, 9.17) is 9.47 Å². The lowest BCUT2D eigenvalue weighted by atomic mass is 9.97. The van der Waals surface area contributed by atoms with Crippen LogP contribution in [0.15, 0.2) is 66.7 Å². The Morgan fingerprint density at radius 2 is 1.78 bits per heavy atom. The molecule has 32 heavy (non-hydrogen) atoms. The molecule has 4 rings (SSSR count). The van der Waals surface area contributed by atoms with Gasteiger partial charge >= 0.3 is 5.97 Å². The van der Waals surface area contributed by atoms with Crippen LogP contribution in [0.1, 0.15) is 44.3 Å².